The molecule has 3 heterocycles. The number of Topliss-reactive ketones (excluding diaryl/α,β-unsaturated/α-hetero) is 1. The van der Waals surface area contributed by atoms with Crippen LogP contribution >= 0.6 is 0 Å². The average molecular weight is 437 g/mol. The first-order valence-electron chi connectivity index (χ1n) is 9.76. The number of rotatable bonds is 3. The highest BCUT2D eigenvalue weighted by Crippen LogP contribution is 2.41. The molecule has 5 rings (SSSR count). The molecule has 162 valence electrons. The van der Waals surface area contributed by atoms with E-state index in [4.69, 9.17) is 14.0 Å². The lowest BCUT2D eigenvalue weighted by atomic mass is 9.77. The van der Waals surface area contributed by atoms with Crippen molar-refractivity contribution in [2.75, 3.05) is 0 Å². The highest BCUT2D eigenvalue weighted by molar-refractivity contribution is 6.10. The number of ether oxygens (including phenoxy) is 2. The zero-order valence-corrected chi connectivity index (χ0v) is 16.8. The molecule has 0 saturated heterocycles. The van der Waals surface area contributed by atoms with Gasteiger partial charge in [-0.05, 0) is 19.1 Å². The molecule has 2 atom stereocenters. The van der Waals surface area contributed by atoms with Crippen molar-refractivity contribution < 1.29 is 32.8 Å². The van der Waals surface area contributed by atoms with Crippen molar-refractivity contribution in [1.29, 1.82) is 0 Å². The van der Waals surface area contributed by atoms with E-state index in [9.17, 15) is 18.8 Å². The number of esters is 2. The Balaban J connectivity index is 1.70. The Labute approximate surface area is 180 Å². The molecule has 2 unspecified atom stereocenters. The number of fused-ring (bicyclic) bond motifs is 2. The Morgan fingerprint density at radius 1 is 1.19 bits per heavy atom. The summed E-state index contributed by atoms with van der Waals surface area (Å²) in [7, 11) is 0. The first kappa shape index (κ1) is 19.9. The predicted octanol–water partition coefficient (Wildman–Crippen LogP) is 2.19. The summed E-state index contributed by atoms with van der Waals surface area (Å²) in [6, 6.07) is 5.81. The third-order valence-corrected chi connectivity index (χ3v) is 5.62. The van der Waals surface area contributed by atoms with E-state index in [0.717, 1.165) is 12.2 Å². The van der Waals surface area contributed by atoms with Crippen molar-refractivity contribution in [1.82, 2.24) is 14.7 Å². The van der Waals surface area contributed by atoms with Crippen LogP contribution in [0.4, 0.5) is 4.39 Å². The first-order valence-corrected chi connectivity index (χ1v) is 9.76. The maximum absolute atomic E-state index is 14.5. The van der Waals surface area contributed by atoms with Crippen LogP contribution in [0.2, 0.25) is 0 Å². The van der Waals surface area contributed by atoms with Crippen molar-refractivity contribution in [3.63, 3.8) is 0 Å². The molecule has 0 radical (unpaired) electrons. The second-order valence-electron chi connectivity index (χ2n) is 7.51. The summed E-state index contributed by atoms with van der Waals surface area (Å²) in [6.45, 7) is 1.54. The number of hydrogen-bond donors (Lipinski definition) is 0. The number of carbonyl (C=O) groups is 3. The first-order chi connectivity index (χ1) is 15.4. The van der Waals surface area contributed by atoms with Gasteiger partial charge in [-0.25, -0.2) is 19.0 Å². The van der Waals surface area contributed by atoms with Gasteiger partial charge in [0.1, 0.15) is 17.3 Å². The minimum absolute atomic E-state index is 0.0109. The topological polar surface area (TPSA) is 114 Å². The van der Waals surface area contributed by atoms with Crippen LogP contribution in [0.5, 0.6) is 0 Å². The largest absolute Gasteiger partial charge is 0.454 e. The highest BCUT2D eigenvalue weighted by Gasteiger charge is 2.58. The van der Waals surface area contributed by atoms with Gasteiger partial charge >= 0.3 is 11.9 Å². The molecule has 10 heteroatoms. The number of hydrogen-bond acceptors (Lipinski definition) is 8. The van der Waals surface area contributed by atoms with Crippen LogP contribution in [-0.2, 0) is 32.0 Å². The molecule has 0 saturated carbocycles. The number of carbonyl (C=O) groups excluding carboxylic acids is 3. The standard InChI is InChI=1S/C22H16FN3O6/c1-12-24-8-9-26(12)11-22-16(30-17(27)6-7-18(28)31-22)10-15-19(21(22)29)20(25-32-15)13-4-2-3-5-14(13)23/h2-9,16H,10-11H2,1H3/b7-6-. The highest BCUT2D eigenvalue weighted by atomic mass is 19.1. The van der Waals surface area contributed by atoms with Gasteiger partial charge < -0.3 is 18.6 Å². The van der Waals surface area contributed by atoms with Gasteiger partial charge in [0.25, 0.3) is 0 Å². The third-order valence-electron chi connectivity index (χ3n) is 5.62. The normalized spacial score (nSPS) is 23.4. The van der Waals surface area contributed by atoms with Gasteiger partial charge in [0.2, 0.25) is 11.4 Å². The van der Waals surface area contributed by atoms with Crippen LogP contribution in [-0.4, -0.2) is 44.1 Å². The molecule has 1 aliphatic carbocycles. The molecule has 2 aliphatic rings. The fraction of sp³-hybridized carbons (Fsp3) is 0.227. The summed E-state index contributed by atoms with van der Waals surface area (Å²) in [5, 5.41) is 3.92. The van der Waals surface area contributed by atoms with Crippen molar-refractivity contribution in [3.8, 4) is 11.3 Å². The fourth-order valence-electron chi connectivity index (χ4n) is 4.03. The maximum atomic E-state index is 14.5. The second kappa shape index (κ2) is 7.26. The van der Waals surface area contributed by atoms with Gasteiger partial charge in [-0.2, -0.15) is 0 Å². The van der Waals surface area contributed by atoms with Crippen LogP contribution in [0.1, 0.15) is 21.9 Å². The number of imidazole rings is 1. The average Bonchev–Trinajstić information content (AvgIpc) is 3.36. The summed E-state index contributed by atoms with van der Waals surface area (Å²) in [5.41, 5.74) is -1.89. The zero-order valence-electron chi connectivity index (χ0n) is 16.8. The Hall–Kier alpha value is -4.08. The molecule has 1 aromatic carbocycles. The SMILES string of the molecule is Cc1nccn1CC12OC(=O)/C=C\C(=O)OC1Cc1onc(-c3ccccc3F)c1C2=O. The molecule has 0 N–H and O–H groups in total. The van der Waals surface area contributed by atoms with Crippen LogP contribution in [0.3, 0.4) is 0 Å². The van der Waals surface area contributed by atoms with Crippen molar-refractivity contribution in [3.05, 3.63) is 71.8 Å². The van der Waals surface area contributed by atoms with E-state index in [2.05, 4.69) is 10.1 Å². The van der Waals surface area contributed by atoms with Gasteiger partial charge in [0, 0.05) is 30.1 Å². The van der Waals surface area contributed by atoms with Crippen molar-refractivity contribution in [2.45, 2.75) is 31.6 Å². The summed E-state index contributed by atoms with van der Waals surface area (Å²) < 4.78 is 32.6. The van der Waals surface area contributed by atoms with E-state index in [1.165, 1.54) is 24.4 Å². The van der Waals surface area contributed by atoms with Crippen LogP contribution in [0.25, 0.3) is 11.3 Å². The number of halogens is 1. The number of nitrogens with zero attached hydrogens (tertiary/aromatic N) is 3. The van der Waals surface area contributed by atoms with Crippen LogP contribution in [0.15, 0.2) is 53.3 Å². The minimum Gasteiger partial charge on any atom is -0.454 e. The lowest BCUT2D eigenvalue weighted by molar-refractivity contribution is -0.177. The fourth-order valence-corrected chi connectivity index (χ4v) is 4.03. The van der Waals surface area contributed by atoms with Crippen LogP contribution in [0, 0.1) is 12.7 Å². The predicted molar refractivity (Wildman–Crippen MR) is 105 cm³/mol. The van der Waals surface area contributed by atoms with E-state index < -0.39 is 35.2 Å². The zero-order chi connectivity index (χ0) is 22.5. The van der Waals surface area contributed by atoms with E-state index in [1.807, 2.05) is 0 Å². The lowest BCUT2D eigenvalue weighted by Crippen LogP contribution is -2.60. The van der Waals surface area contributed by atoms with Gasteiger partial charge in [-0.1, -0.05) is 17.3 Å². The summed E-state index contributed by atoms with van der Waals surface area (Å²) in [5.74, 6) is -2.32. The molecule has 3 aromatic rings. The lowest BCUT2D eigenvalue weighted by Gasteiger charge is -2.40. The summed E-state index contributed by atoms with van der Waals surface area (Å²) >= 11 is 0. The Kier molecular flexibility index (Phi) is 4.50. The third kappa shape index (κ3) is 3.03. The molecule has 1 aliphatic heterocycles. The van der Waals surface area contributed by atoms with Crippen LogP contribution < -0.4 is 0 Å². The Bertz CT molecular complexity index is 1290. The Morgan fingerprint density at radius 2 is 1.97 bits per heavy atom. The van der Waals surface area contributed by atoms with E-state index in [1.54, 1.807) is 23.8 Å². The van der Waals surface area contributed by atoms with E-state index in [0.29, 0.717) is 5.82 Å². The van der Waals surface area contributed by atoms with E-state index >= 15 is 0 Å². The van der Waals surface area contributed by atoms with Gasteiger partial charge in [-0.15, -0.1) is 0 Å². The number of aryl methyl sites for hydroxylation is 1. The van der Waals surface area contributed by atoms with Gasteiger partial charge in [0.05, 0.1) is 18.5 Å². The number of ketones is 1. The van der Waals surface area contributed by atoms with E-state index in [-0.39, 0.29) is 35.5 Å². The molecular formula is C22H16FN3O6. The molecule has 0 spiro atoms. The van der Waals surface area contributed by atoms with Crippen molar-refractivity contribution >= 4 is 17.7 Å². The quantitative estimate of drug-likeness (QED) is 0.573. The molecule has 0 amide bonds. The monoisotopic (exact) mass is 437 g/mol. The second-order valence-corrected chi connectivity index (χ2v) is 7.51. The maximum Gasteiger partial charge on any atom is 0.332 e. The molecule has 0 bridgehead atoms. The molecule has 2 aromatic heterocycles. The summed E-state index contributed by atoms with van der Waals surface area (Å²) in [6.07, 6.45) is 3.69. The molecule has 0 fully saturated rings. The summed E-state index contributed by atoms with van der Waals surface area (Å²) in [4.78, 5) is 42.7. The molecule has 9 nitrogen and oxygen atoms in total. The van der Waals surface area contributed by atoms with Gasteiger partial charge in [-0.3, -0.25) is 4.79 Å². The number of aromatic nitrogens is 3. The smallest absolute Gasteiger partial charge is 0.332 e. The molecular weight excluding hydrogens is 421 g/mol. The number of benzene rings is 1. The minimum atomic E-state index is -1.93. The van der Waals surface area contributed by atoms with Gasteiger partial charge in [0.15, 0.2) is 11.9 Å². The van der Waals surface area contributed by atoms with Crippen molar-refractivity contribution in [2.24, 2.45) is 0 Å². The Morgan fingerprint density at radius 3 is 2.72 bits per heavy atom. The molecule has 32 heavy (non-hydrogen) atoms.